The molecule has 0 spiro atoms. The average Bonchev–Trinajstić information content (AvgIpc) is 3.35. The van der Waals surface area contributed by atoms with E-state index in [2.05, 4.69) is 69.8 Å². The van der Waals surface area contributed by atoms with Crippen molar-refractivity contribution in [2.75, 3.05) is 12.5 Å². The molecule has 0 saturated heterocycles. The SMILES string of the molecule is COc1ccc(Br)c(N/N=C2\CC[C@]3(C)[C@H]4CCC5[C@H]6[C@H](C(C)C)CCC6(C(=O)O)CC[C@@]5(C)[C@]4(C)CC[C@H]3C2(C)C)c1. The Bertz CT molecular complexity index is 1310. The first-order chi connectivity index (χ1) is 20.2. The highest BCUT2D eigenvalue weighted by Gasteiger charge is 2.72. The predicted molar refractivity (Wildman–Crippen MR) is 178 cm³/mol. The molecule has 238 valence electrons. The summed E-state index contributed by atoms with van der Waals surface area (Å²) in [5.41, 5.74) is 5.81. The van der Waals surface area contributed by atoms with Crippen LogP contribution in [-0.4, -0.2) is 23.9 Å². The topological polar surface area (TPSA) is 70.9 Å². The van der Waals surface area contributed by atoms with Gasteiger partial charge in [-0.1, -0.05) is 48.5 Å². The number of anilines is 1. The monoisotopic (exact) mass is 654 g/mol. The van der Waals surface area contributed by atoms with Gasteiger partial charge in [0.05, 0.1) is 18.2 Å². The van der Waals surface area contributed by atoms with E-state index in [1.807, 2.05) is 18.2 Å². The van der Waals surface area contributed by atoms with Gasteiger partial charge in [-0.05, 0) is 144 Å². The maximum atomic E-state index is 13.0. The number of ether oxygens (including phenoxy) is 1. The summed E-state index contributed by atoms with van der Waals surface area (Å²) >= 11 is 3.67. The average molecular weight is 656 g/mol. The van der Waals surface area contributed by atoms with Crippen molar-refractivity contribution in [3.8, 4) is 5.75 Å². The summed E-state index contributed by atoms with van der Waals surface area (Å²) in [7, 11) is 1.70. The number of carboxylic acids is 1. The number of aliphatic carboxylic acids is 1. The van der Waals surface area contributed by atoms with Gasteiger partial charge in [0.1, 0.15) is 5.75 Å². The van der Waals surface area contributed by atoms with Crippen molar-refractivity contribution >= 4 is 33.3 Å². The summed E-state index contributed by atoms with van der Waals surface area (Å²) in [6, 6.07) is 5.96. The van der Waals surface area contributed by atoms with E-state index in [0.717, 1.165) is 48.0 Å². The summed E-state index contributed by atoms with van der Waals surface area (Å²) in [5.74, 6) is 3.50. The van der Waals surface area contributed by atoms with Gasteiger partial charge in [-0.25, -0.2) is 0 Å². The zero-order valence-electron chi connectivity index (χ0n) is 27.9. The van der Waals surface area contributed by atoms with Gasteiger partial charge in [0, 0.05) is 21.7 Å². The van der Waals surface area contributed by atoms with Crippen molar-refractivity contribution in [3.05, 3.63) is 22.7 Å². The zero-order valence-corrected chi connectivity index (χ0v) is 29.4. The second-order valence-electron chi connectivity index (χ2n) is 16.8. The molecule has 5 nitrogen and oxygen atoms in total. The summed E-state index contributed by atoms with van der Waals surface area (Å²) in [4.78, 5) is 13.0. The molecule has 6 heteroatoms. The molecule has 6 rings (SSSR count). The van der Waals surface area contributed by atoms with Crippen LogP contribution in [0.2, 0.25) is 0 Å². The second-order valence-corrected chi connectivity index (χ2v) is 17.7. The Labute approximate surface area is 268 Å². The molecular formula is C37H55BrN2O3. The third-order valence-electron chi connectivity index (χ3n) is 15.0. The van der Waals surface area contributed by atoms with Gasteiger partial charge < -0.3 is 9.84 Å². The third kappa shape index (κ3) is 4.33. The fourth-order valence-corrected chi connectivity index (χ4v) is 13.0. The molecular weight excluding hydrogens is 600 g/mol. The van der Waals surface area contributed by atoms with Gasteiger partial charge in [0.25, 0.3) is 0 Å². The first kappa shape index (κ1) is 31.4. The molecule has 0 amide bonds. The van der Waals surface area contributed by atoms with Crippen LogP contribution in [0, 0.1) is 62.6 Å². The van der Waals surface area contributed by atoms with E-state index in [1.54, 1.807) is 7.11 Å². The highest BCUT2D eigenvalue weighted by molar-refractivity contribution is 9.10. The van der Waals surface area contributed by atoms with E-state index in [1.165, 1.54) is 37.8 Å². The van der Waals surface area contributed by atoms with Gasteiger partial charge in [-0.15, -0.1) is 0 Å². The normalized spacial score (nSPS) is 44.2. The van der Waals surface area contributed by atoms with E-state index in [-0.39, 0.29) is 21.7 Å². The molecule has 0 aliphatic heterocycles. The number of nitrogens with zero attached hydrogens (tertiary/aromatic N) is 1. The van der Waals surface area contributed by atoms with E-state index in [9.17, 15) is 9.90 Å². The molecule has 0 aromatic heterocycles. The lowest BCUT2D eigenvalue weighted by molar-refractivity contribution is -0.232. The molecule has 2 N–H and O–H groups in total. The number of hydrazone groups is 1. The van der Waals surface area contributed by atoms with Crippen LogP contribution in [0.25, 0.3) is 0 Å². The molecule has 0 bridgehead atoms. The van der Waals surface area contributed by atoms with E-state index < -0.39 is 11.4 Å². The molecule has 5 aliphatic carbocycles. The quantitative estimate of drug-likeness (QED) is 0.310. The van der Waals surface area contributed by atoms with Crippen LogP contribution in [0.1, 0.15) is 113 Å². The molecule has 43 heavy (non-hydrogen) atoms. The minimum absolute atomic E-state index is 0.00361. The third-order valence-corrected chi connectivity index (χ3v) is 15.7. The van der Waals surface area contributed by atoms with Crippen molar-refractivity contribution in [2.24, 2.45) is 67.7 Å². The highest BCUT2D eigenvalue weighted by Crippen LogP contribution is 2.77. The molecule has 2 unspecified atom stereocenters. The second kappa shape index (κ2) is 10.5. The highest BCUT2D eigenvalue weighted by atomic mass is 79.9. The fraction of sp³-hybridized carbons (Fsp3) is 0.784. The lowest BCUT2D eigenvalue weighted by Gasteiger charge is -2.72. The van der Waals surface area contributed by atoms with Crippen LogP contribution in [-0.2, 0) is 4.79 Å². The Morgan fingerprint density at radius 1 is 0.977 bits per heavy atom. The van der Waals surface area contributed by atoms with E-state index >= 15 is 0 Å². The smallest absolute Gasteiger partial charge is 0.309 e. The van der Waals surface area contributed by atoms with Gasteiger partial charge >= 0.3 is 5.97 Å². The van der Waals surface area contributed by atoms with Crippen LogP contribution in [0.4, 0.5) is 5.69 Å². The number of carbonyl (C=O) groups is 1. The van der Waals surface area contributed by atoms with Crippen molar-refractivity contribution in [2.45, 2.75) is 113 Å². The van der Waals surface area contributed by atoms with Crippen molar-refractivity contribution in [3.63, 3.8) is 0 Å². The van der Waals surface area contributed by atoms with Crippen molar-refractivity contribution in [1.82, 2.24) is 0 Å². The van der Waals surface area contributed by atoms with Crippen LogP contribution in [0.5, 0.6) is 5.75 Å². The Hall–Kier alpha value is -1.56. The maximum absolute atomic E-state index is 13.0. The van der Waals surface area contributed by atoms with E-state index in [0.29, 0.717) is 35.5 Å². The summed E-state index contributed by atoms with van der Waals surface area (Å²) in [6.07, 6.45) is 11.1. The van der Waals surface area contributed by atoms with Crippen LogP contribution in [0.15, 0.2) is 27.8 Å². The number of methoxy groups -OCH3 is 1. The minimum Gasteiger partial charge on any atom is -0.497 e. The maximum Gasteiger partial charge on any atom is 0.309 e. The van der Waals surface area contributed by atoms with Crippen molar-refractivity contribution in [1.29, 1.82) is 0 Å². The number of hydrogen-bond acceptors (Lipinski definition) is 4. The standard InChI is InChI=1S/C37H55BrN2O3/c1-22(2)24-13-18-37(32(41)42)20-19-35(6)25(31(24)37)10-12-29-34(5)16-15-30(33(3,4)28(34)14-17-36(29,35)7)40-39-27-21-23(43-8)9-11-26(27)38/h9,11,21-22,24-25,28-29,31,39H,10,12-20H2,1-8H3,(H,41,42)/b40-30+/t24-,25?,28-,29+,31+,34-,35+,36+,37?/m0/s1. The molecule has 0 heterocycles. The Morgan fingerprint density at radius 3 is 2.40 bits per heavy atom. The van der Waals surface area contributed by atoms with Crippen molar-refractivity contribution < 1.29 is 14.6 Å². The number of rotatable bonds is 5. The van der Waals surface area contributed by atoms with Gasteiger partial charge in [0.2, 0.25) is 0 Å². The molecule has 5 aliphatic rings. The first-order valence-corrected chi connectivity index (χ1v) is 17.8. The van der Waals surface area contributed by atoms with Gasteiger partial charge in [-0.3, -0.25) is 10.2 Å². The largest absolute Gasteiger partial charge is 0.497 e. The fourth-order valence-electron chi connectivity index (χ4n) is 12.6. The molecule has 1 aromatic rings. The molecule has 0 radical (unpaired) electrons. The van der Waals surface area contributed by atoms with Crippen LogP contribution >= 0.6 is 15.9 Å². The summed E-state index contributed by atoms with van der Waals surface area (Å²) < 4.78 is 6.43. The van der Waals surface area contributed by atoms with Crippen LogP contribution in [0.3, 0.4) is 0 Å². The molecule has 5 saturated carbocycles. The Kier molecular flexibility index (Phi) is 7.67. The number of halogens is 1. The zero-order chi connectivity index (χ0) is 31.2. The Morgan fingerprint density at radius 2 is 1.72 bits per heavy atom. The number of benzene rings is 1. The number of hydrogen-bond donors (Lipinski definition) is 2. The molecule has 1 aromatic carbocycles. The first-order valence-electron chi connectivity index (χ1n) is 17.1. The predicted octanol–water partition coefficient (Wildman–Crippen LogP) is 10.0. The number of fused-ring (bicyclic) bond motifs is 7. The number of nitrogens with one attached hydrogen (secondary N) is 1. The molecule has 9 atom stereocenters. The summed E-state index contributed by atoms with van der Waals surface area (Å²) in [6.45, 7) is 17.5. The Balaban J connectivity index is 1.30. The number of carboxylic acid groups (broad SMARTS) is 1. The van der Waals surface area contributed by atoms with Gasteiger partial charge in [-0.2, -0.15) is 5.10 Å². The van der Waals surface area contributed by atoms with Crippen LogP contribution < -0.4 is 10.2 Å². The molecule has 5 fully saturated rings. The lowest BCUT2D eigenvalue weighted by atomic mass is 9.32. The summed E-state index contributed by atoms with van der Waals surface area (Å²) in [5, 5.41) is 15.8. The van der Waals surface area contributed by atoms with E-state index in [4.69, 9.17) is 9.84 Å². The lowest BCUT2D eigenvalue weighted by Crippen LogP contribution is -2.66. The van der Waals surface area contributed by atoms with Gasteiger partial charge in [0.15, 0.2) is 0 Å². The minimum atomic E-state index is -0.499.